The maximum atomic E-state index is 11.2. The van der Waals surface area contributed by atoms with Crippen LogP contribution in [0.15, 0.2) is 77.9 Å². The highest BCUT2D eigenvalue weighted by Gasteiger charge is 2.35. The van der Waals surface area contributed by atoms with Crippen LogP contribution < -0.4 is 24.0 Å². The Morgan fingerprint density at radius 1 is 0.778 bits per heavy atom. The summed E-state index contributed by atoms with van der Waals surface area (Å²) < 4.78 is 22.4. The van der Waals surface area contributed by atoms with Gasteiger partial charge in [0.1, 0.15) is 28.7 Å². The standard InChI is InChI=1S/C29H28N2O5/c1-33-20-12-10-19(11-13-20)31-25(28-26(35-3)15-21(34-2)16-27(28)36-4)17-24(30-31)23-14-9-18-7-5-6-8-22(18)29(23)32/h5-16,25,32H,17H2,1-4H3. The van der Waals surface area contributed by atoms with Crippen molar-refractivity contribution in [2.24, 2.45) is 5.10 Å². The maximum absolute atomic E-state index is 11.2. The molecule has 0 spiro atoms. The number of anilines is 1. The summed E-state index contributed by atoms with van der Waals surface area (Å²) in [6.07, 6.45) is 0.525. The van der Waals surface area contributed by atoms with E-state index in [0.29, 0.717) is 29.2 Å². The Hall–Kier alpha value is -4.39. The van der Waals surface area contributed by atoms with Crippen LogP contribution in [0.2, 0.25) is 0 Å². The number of ether oxygens (including phenoxy) is 4. The van der Waals surface area contributed by atoms with Crippen molar-refractivity contribution in [1.82, 2.24) is 0 Å². The summed E-state index contributed by atoms with van der Waals surface area (Å²) >= 11 is 0. The topological polar surface area (TPSA) is 72.8 Å². The summed E-state index contributed by atoms with van der Waals surface area (Å²) in [6.45, 7) is 0. The average Bonchev–Trinajstić information content (AvgIpc) is 3.37. The Kier molecular flexibility index (Phi) is 6.29. The molecule has 0 radical (unpaired) electrons. The van der Waals surface area contributed by atoms with Gasteiger partial charge in [0.2, 0.25) is 0 Å². The van der Waals surface area contributed by atoms with Crippen LogP contribution in [0.5, 0.6) is 28.7 Å². The number of methoxy groups -OCH3 is 4. The predicted molar refractivity (Wildman–Crippen MR) is 141 cm³/mol. The lowest BCUT2D eigenvalue weighted by Gasteiger charge is -2.27. The van der Waals surface area contributed by atoms with Gasteiger partial charge in [0.25, 0.3) is 0 Å². The molecule has 0 fully saturated rings. The van der Waals surface area contributed by atoms with E-state index in [1.54, 1.807) is 28.4 Å². The Bertz CT molecular complexity index is 1410. The van der Waals surface area contributed by atoms with Crippen molar-refractivity contribution in [2.45, 2.75) is 12.5 Å². The fourth-order valence-electron chi connectivity index (χ4n) is 4.72. The number of aromatic hydroxyl groups is 1. The quantitative estimate of drug-likeness (QED) is 0.350. The van der Waals surface area contributed by atoms with E-state index in [9.17, 15) is 5.11 Å². The van der Waals surface area contributed by atoms with E-state index in [4.69, 9.17) is 24.0 Å². The van der Waals surface area contributed by atoms with Crippen LogP contribution in [0, 0.1) is 0 Å². The molecule has 0 amide bonds. The molecule has 36 heavy (non-hydrogen) atoms. The van der Waals surface area contributed by atoms with Crippen molar-refractivity contribution in [1.29, 1.82) is 0 Å². The average molecular weight is 485 g/mol. The van der Waals surface area contributed by atoms with Gasteiger partial charge in [-0.2, -0.15) is 5.10 Å². The molecule has 4 aromatic carbocycles. The van der Waals surface area contributed by atoms with Crippen molar-refractivity contribution < 1.29 is 24.1 Å². The van der Waals surface area contributed by atoms with Crippen LogP contribution in [0.4, 0.5) is 5.69 Å². The van der Waals surface area contributed by atoms with Crippen LogP contribution in [0.3, 0.4) is 0 Å². The monoisotopic (exact) mass is 484 g/mol. The molecule has 5 rings (SSSR count). The molecule has 1 aliphatic heterocycles. The highest BCUT2D eigenvalue weighted by Crippen LogP contribution is 2.47. The smallest absolute Gasteiger partial charge is 0.132 e. The molecule has 184 valence electrons. The summed E-state index contributed by atoms with van der Waals surface area (Å²) in [4.78, 5) is 0. The molecule has 1 atom stereocenters. The maximum Gasteiger partial charge on any atom is 0.132 e. The van der Waals surface area contributed by atoms with E-state index in [1.165, 1.54) is 0 Å². The molecule has 0 saturated carbocycles. The summed E-state index contributed by atoms with van der Waals surface area (Å²) in [5.74, 6) is 2.87. The van der Waals surface area contributed by atoms with Crippen LogP contribution >= 0.6 is 0 Å². The van der Waals surface area contributed by atoms with Gasteiger partial charge in [0, 0.05) is 29.5 Å². The van der Waals surface area contributed by atoms with Crippen LogP contribution in [-0.2, 0) is 0 Å². The number of phenolic OH excluding ortho intramolecular Hbond substituents is 1. The molecule has 1 aliphatic rings. The largest absolute Gasteiger partial charge is 0.507 e. The summed E-state index contributed by atoms with van der Waals surface area (Å²) in [6, 6.07) is 22.8. The summed E-state index contributed by atoms with van der Waals surface area (Å²) in [7, 11) is 6.50. The normalized spacial score (nSPS) is 15.1. The fourth-order valence-corrected chi connectivity index (χ4v) is 4.72. The van der Waals surface area contributed by atoms with Crippen LogP contribution in [0.1, 0.15) is 23.6 Å². The van der Waals surface area contributed by atoms with Gasteiger partial charge in [-0.25, -0.2) is 0 Å². The first kappa shape index (κ1) is 23.4. The number of nitrogens with zero attached hydrogens (tertiary/aromatic N) is 2. The Morgan fingerprint density at radius 2 is 1.44 bits per heavy atom. The number of benzene rings is 4. The number of hydrogen-bond acceptors (Lipinski definition) is 7. The first-order valence-corrected chi connectivity index (χ1v) is 11.6. The van der Waals surface area contributed by atoms with E-state index in [1.807, 2.05) is 77.8 Å². The lowest BCUT2D eigenvalue weighted by Crippen LogP contribution is -2.20. The Labute approximate surface area is 210 Å². The number of phenols is 1. The third kappa shape index (κ3) is 4.02. The third-order valence-corrected chi connectivity index (χ3v) is 6.55. The lowest BCUT2D eigenvalue weighted by molar-refractivity contribution is 0.364. The van der Waals surface area contributed by atoms with Crippen molar-refractivity contribution in [3.05, 3.63) is 83.9 Å². The SMILES string of the molecule is COc1ccc(N2N=C(c3ccc4ccccc4c3O)CC2c2c(OC)cc(OC)cc2OC)cc1. The molecule has 0 bridgehead atoms. The van der Waals surface area contributed by atoms with Gasteiger partial charge in [0.15, 0.2) is 0 Å². The fraction of sp³-hybridized carbons (Fsp3) is 0.207. The van der Waals surface area contributed by atoms with E-state index in [-0.39, 0.29) is 11.8 Å². The zero-order valence-corrected chi connectivity index (χ0v) is 20.7. The first-order valence-electron chi connectivity index (χ1n) is 11.6. The van der Waals surface area contributed by atoms with E-state index < -0.39 is 0 Å². The van der Waals surface area contributed by atoms with Gasteiger partial charge >= 0.3 is 0 Å². The highest BCUT2D eigenvalue weighted by molar-refractivity contribution is 6.09. The van der Waals surface area contributed by atoms with Gasteiger partial charge in [-0.1, -0.05) is 30.3 Å². The van der Waals surface area contributed by atoms with Crippen molar-refractivity contribution >= 4 is 22.2 Å². The zero-order chi connectivity index (χ0) is 25.2. The number of hydrogen-bond donors (Lipinski definition) is 1. The van der Waals surface area contributed by atoms with Gasteiger partial charge in [-0.05, 0) is 35.7 Å². The van der Waals surface area contributed by atoms with Crippen molar-refractivity contribution in [2.75, 3.05) is 33.4 Å². The van der Waals surface area contributed by atoms with Gasteiger partial charge in [-0.15, -0.1) is 0 Å². The van der Waals surface area contributed by atoms with Crippen molar-refractivity contribution in [3.63, 3.8) is 0 Å². The number of hydrazone groups is 1. The Balaban J connectivity index is 1.66. The second-order valence-electron chi connectivity index (χ2n) is 8.44. The molecule has 1 N–H and O–H groups in total. The van der Waals surface area contributed by atoms with Gasteiger partial charge < -0.3 is 24.1 Å². The number of rotatable bonds is 7. The summed E-state index contributed by atoms with van der Waals surface area (Å²) in [5, 5.41) is 19.9. The molecule has 7 heteroatoms. The molecule has 0 saturated heterocycles. The molecule has 1 heterocycles. The van der Waals surface area contributed by atoms with E-state index in [2.05, 4.69) is 0 Å². The molecular weight excluding hydrogens is 456 g/mol. The highest BCUT2D eigenvalue weighted by atomic mass is 16.5. The van der Waals surface area contributed by atoms with E-state index >= 15 is 0 Å². The third-order valence-electron chi connectivity index (χ3n) is 6.55. The van der Waals surface area contributed by atoms with Crippen LogP contribution in [0.25, 0.3) is 10.8 Å². The predicted octanol–water partition coefficient (Wildman–Crippen LogP) is 5.94. The molecule has 7 nitrogen and oxygen atoms in total. The molecule has 0 aromatic heterocycles. The van der Waals surface area contributed by atoms with Gasteiger partial charge in [0.05, 0.1) is 51.4 Å². The molecule has 4 aromatic rings. The van der Waals surface area contributed by atoms with Gasteiger partial charge in [-0.3, -0.25) is 5.01 Å². The molecule has 0 aliphatic carbocycles. The molecular formula is C29H28N2O5. The number of fused-ring (bicyclic) bond motifs is 1. The minimum atomic E-state index is -0.255. The second-order valence-corrected chi connectivity index (χ2v) is 8.44. The van der Waals surface area contributed by atoms with E-state index in [0.717, 1.165) is 33.5 Å². The second kappa shape index (κ2) is 9.70. The first-order chi connectivity index (χ1) is 17.6. The lowest BCUT2D eigenvalue weighted by atomic mass is 9.94. The van der Waals surface area contributed by atoms with Crippen LogP contribution in [-0.4, -0.2) is 39.3 Å². The minimum Gasteiger partial charge on any atom is -0.507 e. The molecule has 1 unspecified atom stereocenters. The minimum absolute atomic E-state index is 0.218. The summed E-state index contributed by atoms with van der Waals surface area (Å²) in [5.41, 5.74) is 3.17. The van der Waals surface area contributed by atoms with Crippen molar-refractivity contribution in [3.8, 4) is 28.7 Å². The Morgan fingerprint density at radius 3 is 2.08 bits per heavy atom. The zero-order valence-electron chi connectivity index (χ0n) is 20.7.